The maximum Gasteiger partial charge on any atom is 0.224 e. The normalized spacial score (nSPS) is 10.6. The number of nitriles is 1. The van der Waals surface area contributed by atoms with E-state index in [-0.39, 0.29) is 5.28 Å². The number of halogens is 1. The number of nitrogens with zero attached hydrogens (tertiary/aromatic N) is 5. The van der Waals surface area contributed by atoms with E-state index in [4.69, 9.17) is 16.9 Å². The van der Waals surface area contributed by atoms with Crippen molar-refractivity contribution >= 4 is 22.5 Å². The smallest absolute Gasteiger partial charge is 0.224 e. The molecule has 2 heterocycles. The summed E-state index contributed by atoms with van der Waals surface area (Å²) in [4.78, 5) is 7.92. The van der Waals surface area contributed by atoms with Gasteiger partial charge in [0.05, 0.1) is 17.4 Å². The highest BCUT2D eigenvalue weighted by atomic mass is 35.5. The molecule has 0 fully saturated rings. The van der Waals surface area contributed by atoms with Gasteiger partial charge in [0.15, 0.2) is 5.82 Å². The maximum absolute atomic E-state index is 9.14. The van der Waals surface area contributed by atoms with Crippen LogP contribution >= 0.6 is 11.6 Å². The Labute approximate surface area is 114 Å². The summed E-state index contributed by atoms with van der Waals surface area (Å²) in [6.45, 7) is 1.91. The van der Waals surface area contributed by atoms with Crippen molar-refractivity contribution in [2.24, 2.45) is 0 Å². The molecule has 0 aliphatic rings. The van der Waals surface area contributed by atoms with Crippen LogP contribution in [0, 0.1) is 18.3 Å². The van der Waals surface area contributed by atoms with E-state index in [0.29, 0.717) is 11.4 Å². The summed E-state index contributed by atoms with van der Waals surface area (Å²) in [7, 11) is 0. The summed E-state index contributed by atoms with van der Waals surface area (Å²) in [5.41, 5.74) is 2.08. The third-order valence-corrected chi connectivity index (χ3v) is 3.01. The van der Waals surface area contributed by atoms with E-state index in [0.717, 1.165) is 16.6 Å². The number of aryl methyl sites for hydroxylation is 1. The van der Waals surface area contributed by atoms with Gasteiger partial charge in [-0.15, -0.1) is 0 Å². The molecule has 19 heavy (non-hydrogen) atoms. The Bertz CT molecular complexity index is 816. The maximum atomic E-state index is 9.14. The second-order valence-corrected chi connectivity index (χ2v) is 4.34. The Morgan fingerprint density at radius 1 is 1.32 bits per heavy atom. The molecule has 3 aromatic rings. The molecule has 0 aliphatic carbocycles. The SMILES string of the molecule is Cc1nn(-c2nc(Cl)ncc2C#N)c2ccccc12. The van der Waals surface area contributed by atoms with Crippen molar-refractivity contribution < 1.29 is 0 Å². The molecule has 0 saturated carbocycles. The molecular weight excluding hydrogens is 262 g/mol. The Morgan fingerprint density at radius 3 is 2.89 bits per heavy atom. The molecule has 0 spiro atoms. The topological polar surface area (TPSA) is 67.4 Å². The Hall–Kier alpha value is -2.45. The zero-order chi connectivity index (χ0) is 13.4. The monoisotopic (exact) mass is 269 g/mol. The third kappa shape index (κ3) is 1.83. The number of hydrogen-bond acceptors (Lipinski definition) is 4. The van der Waals surface area contributed by atoms with Crippen LogP contribution in [0.15, 0.2) is 30.5 Å². The lowest BCUT2D eigenvalue weighted by Crippen LogP contribution is -2.04. The van der Waals surface area contributed by atoms with Crippen molar-refractivity contribution in [3.63, 3.8) is 0 Å². The van der Waals surface area contributed by atoms with Crippen LogP contribution in [0.25, 0.3) is 16.7 Å². The van der Waals surface area contributed by atoms with Crippen LogP contribution in [0.5, 0.6) is 0 Å². The van der Waals surface area contributed by atoms with Gasteiger partial charge >= 0.3 is 0 Å². The van der Waals surface area contributed by atoms with Crippen LogP contribution in [-0.4, -0.2) is 19.7 Å². The molecule has 0 bridgehead atoms. The van der Waals surface area contributed by atoms with Gasteiger partial charge in [0.25, 0.3) is 0 Å². The molecule has 0 radical (unpaired) electrons. The minimum atomic E-state index is 0.0891. The van der Waals surface area contributed by atoms with E-state index in [2.05, 4.69) is 21.1 Å². The van der Waals surface area contributed by atoms with Gasteiger partial charge in [-0.25, -0.2) is 9.67 Å². The van der Waals surface area contributed by atoms with E-state index in [1.807, 2.05) is 31.2 Å². The van der Waals surface area contributed by atoms with Crippen molar-refractivity contribution in [1.29, 1.82) is 5.26 Å². The zero-order valence-corrected chi connectivity index (χ0v) is 10.8. The molecular formula is C13H8ClN5. The number of benzene rings is 1. The van der Waals surface area contributed by atoms with Crippen LogP contribution in [-0.2, 0) is 0 Å². The quantitative estimate of drug-likeness (QED) is 0.637. The van der Waals surface area contributed by atoms with Gasteiger partial charge < -0.3 is 0 Å². The molecule has 3 rings (SSSR count). The Kier molecular flexibility index (Phi) is 2.65. The molecule has 5 nitrogen and oxygen atoms in total. The fourth-order valence-electron chi connectivity index (χ4n) is 1.98. The number of aromatic nitrogens is 4. The van der Waals surface area contributed by atoms with Gasteiger partial charge in [0.2, 0.25) is 5.28 Å². The van der Waals surface area contributed by atoms with Crippen LogP contribution in [0.4, 0.5) is 0 Å². The fraction of sp³-hybridized carbons (Fsp3) is 0.0769. The molecule has 92 valence electrons. The van der Waals surface area contributed by atoms with Gasteiger partial charge in [-0.05, 0) is 24.6 Å². The lowest BCUT2D eigenvalue weighted by molar-refractivity contribution is 0.846. The zero-order valence-electron chi connectivity index (χ0n) is 10.0. The summed E-state index contributed by atoms with van der Waals surface area (Å²) < 4.78 is 1.62. The minimum Gasteiger partial charge on any atom is -0.225 e. The minimum absolute atomic E-state index is 0.0891. The number of rotatable bonds is 1. The molecule has 2 aromatic heterocycles. The molecule has 0 atom stereocenters. The van der Waals surface area contributed by atoms with Gasteiger partial charge in [-0.2, -0.15) is 15.3 Å². The second kappa shape index (κ2) is 4.34. The highest BCUT2D eigenvalue weighted by Crippen LogP contribution is 2.22. The van der Waals surface area contributed by atoms with E-state index in [1.165, 1.54) is 6.20 Å². The van der Waals surface area contributed by atoms with Gasteiger partial charge in [0, 0.05) is 5.39 Å². The molecule has 0 saturated heterocycles. The largest absolute Gasteiger partial charge is 0.225 e. The Balaban J connectivity index is 2.37. The van der Waals surface area contributed by atoms with E-state index in [1.54, 1.807) is 4.68 Å². The molecule has 6 heteroatoms. The van der Waals surface area contributed by atoms with Gasteiger partial charge in [-0.3, -0.25) is 0 Å². The summed E-state index contributed by atoms with van der Waals surface area (Å²) >= 11 is 5.81. The summed E-state index contributed by atoms with van der Waals surface area (Å²) in [5.74, 6) is 0.395. The van der Waals surface area contributed by atoms with Crippen molar-refractivity contribution in [3.05, 3.63) is 47.0 Å². The Morgan fingerprint density at radius 2 is 2.11 bits per heavy atom. The fourth-order valence-corrected chi connectivity index (χ4v) is 2.10. The lowest BCUT2D eigenvalue weighted by Gasteiger charge is -2.04. The molecule has 0 aliphatic heterocycles. The second-order valence-electron chi connectivity index (χ2n) is 4.00. The van der Waals surface area contributed by atoms with Gasteiger partial charge in [-0.1, -0.05) is 18.2 Å². The first-order valence-electron chi connectivity index (χ1n) is 5.58. The van der Waals surface area contributed by atoms with Crippen molar-refractivity contribution in [3.8, 4) is 11.9 Å². The molecule has 0 unspecified atom stereocenters. The van der Waals surface area contributed by atoms with Crippen molar-refractivity contribution in [2.75, 3.05) is 0 Å². The first-order valence-corrected chi connectivity index (χ1v) is 5.96. The first-order chi connectivity index (χ1) is 9.20. The molecule has 1 aromatic carbocycles. The highest BCUT2D eigenvalue weighted by Gasteiger charge is 2.14. The van der Waals surface area contributed by atoms with Gasteiger partial charge in [0.1, 0.15) is 11.6 Å². The lowest BCUT2D eigenvalue weighted by atomic mass is 10.2. The molecule has 0 amide bonds. The summed E-state index contributed by atoms with van der Waals surface area (Å²) in [5, 5.41) is 14.7. The highest BCUT2D eigenvalue weighted by molar-refractivity contribution is 6.28. The average Bonchev–Trinajstić information content (AvgIpc) is 2.77. The summed E-state index contributed by atoms with van der Waals surface area (Å²) in [6, 6.07) is 9.80. The summed E-state index contributed by atoms with van der Waals surface area (Å²) in [6.07, 6.45) is 1.40. The van der Waals surface area contributed by atoms with Crippen LogP contribution in [0.2, 0.25) is 5.28 Å². The average molecular weight is 270 g/mol. The number of para-hydroxylation sites is 1. The van der Waals surface area contributed by atoms with E-state index in [9.17, 15) is 0 Å². The van der Waals surface area contributed by atoms with Crippen LogP contribution in [0.3, 0.4) is 0 Å². The van der Waals surface area contributed by atoms with E-state index >= 15 is 0 Å². The van der Waals surface area contributed by atoms with Crippen molar-refractivity contribution in [2.45, 2.75) is 6.92 Å². The van der Waals surface area contributed by atoms with Crippen LogP contribution < -0.4 is 0 Å². The first kappa shape index (κ1) is 11.6. The molecule has 0 N–H and O–H groups in total. The van der Waals surface area contributed by atoms with E-state index < -0.39 is 0 Å². The third-order valence-electron chi connectivity index (χ3n) is 2.83. The predicted octanol–water partition coefficient (Wildman–Crippen LogP) is 2.65. The number of fused-ring (bicyclic) bond motifs is 1. The standard InChI is InChI=1S/C13H8ClN5/c1-8-10-4-2-3-5-11(10)19(18-8)12-9(6-15)7-16-13(14)17-12/h2-5,7H,1H3. The van der Waals surface area contributed by atoms with Crippen LogP contribution in [0.1, 0.15) is 11.3 Å². The number of hydrogen-bond donors (Lipinski definition) is 0. The predicted molar refractivity (Wildman–Crippen MR) is 71.1 cm³/mol. The van der Waals surface area contributed by atoms with Crippen molar-refractivity contribution in [1.82, 2.24) is 19.7 Å².